The molecule has 3 aromatic rings. The Hall–Kier alpha value is -2.74. The average molecular weight is 326 g/mol. The number of aromatic amines is 1. The quantitative estimate of drug-likeness (QED) is 0.505. The zero-order valence-electron chi connectivity index (χ0n) is 12.1. The van der Waals surface area contributed by atoms with E-state index in [1.165, 1.54) is 11.3 Å². The first-order chi connectivity index (χ1) is 11.2. The van der Waals surface area contributed by atoms with Crippen molar-refractivity contribution in [3.8, 4) is 0 Å². The fourth-order valence-corrected chi connectivity index (χ4v) is 3.02. The van der Waals surface area contributed by atoms with E-state index < -0.39 is 0 Å². The number of hydrogen-bond donors (Lipinski definition) is 3. The molecule has 0 aliphatic heterocycles. The van der Waals surface area contributed by atoms with Crippen LogP contribution in [0.5, 0.6) is 0 Å². The predicted octanol–water partition coefficient (Wildman–Crippen LogP) is 2.40. The first-order valence-electron chi connectivity index (χ1n) is 7.26. The highest BCUT2D eigenvalue weighted by Gasteiger charge is 2.30. The Kier molecular flexibility index (Phi) is 3.30. The lowest BCUT2D eigenvalue weighted by Gasteiger charge is -1.99. The second-order valence-electron chi connectivity index (χ2n) is 5.37. The lowest BCUT2D eigenvalue weighted by molar-refractivity contribution is -0.117. The van der Waals surface area contributed by atoms with Crippen molar-refractivity contribution in [3.63, 3.8) is 0 Å². The van der Waals surface area contributed by atoms with E-state index in [4.69, 9.17) is 5.73 Å². The summed E-state index contributed by atoms with van der Waals surface area (Å²) < 4.78 is 0.773. The number of carbonyl (C=O) groups excluding carboxylic acids is 1. The SMILES string of the molecule is N/C(=N\c1[nH]nc2nc(NC(=O)C3CC3)sc12)c1ccccc1. The number of fused-ring (bicyclic) bond motifs is 1. The molecule has 4 rings (SSSR count). The Morgan fingerprint density at radius 2 is 2.13 bits per heavy atom. The van der Waals surface area contributed by atoms with Gasteiger partial charge in [-0.3, -0.25) is 9.89 Å². The number of thiazole rings is 1. The van der Waals surface area contributed by atoms with E-state index in [2.05, 4.69) is 25.5 Å². The summed E-state index contributed by atoms with van der Waals surface area (Å²) in [7, 11) is 0. The molecule has 0 atom stereocenters. The van der Waals surface area contributed by atoms with Crippen molar-refractivity contribution in [1.82, 2.24) is 15.2 Å². The van der Waals surface area contributed by atoms with Gasteiger partial charge in [0.1, 0.15) is 10.5 Å². The fraction of sp³-hybridized carbons (Fsp3) is 0.200. The van der Waals surface area contributed by atoms with Crippen molar-refractivity contribution < 1.29 is 4.79 Å². The molecule has 0 bridgehead atoms. The highest BCUT2D eigenvalue weighted by Crippen LogP contribution is 2.34. The van der Waals surface area contributed by atoms with E-state index in [1.807, 2.05) is 30.3 Å². The molecule has 23 heavy (non-hydrogen) atoms. The van der Waals surface area contributed by atoms with Gasteiger partial charge in [-0.05, 0) is 12.8 Å². The minimum Gasteiger partial charge on any atom is -0.383 e. The van der Waals surface area contributed by atoms with Gasteiger partial charge in [0.15, 0.2) is 16.6 Å². The normalized spacial score (nSPS) is 15.0. The molecule has 2 aromatic heterocycles. The molecule has 1 aliphatic carbocycles. The molecular formula is C15H14N6OS. The van der Waals surface area contributed by atoms with Crippen LogP contribution in [0.1, 0.15) is 18.4 Å². The molecule has 1 fully saturated rings. The molecular weight excluding hydrogens is 312 g/mol. The van der Waals surface area contributed by atoms with Crippen LogP contribution in [0.25, 0.3) is 10.3 Å². The van der Waals surface area contributed by atoms with Gasteiger partial charge in [-0.1, -0.05) is 41.7 Å². The van der Waals surface area contributed by atoms with E-state index in [-0.39, 0.29) is 11.8 Å². The van der Waals surface area contributed by atoms with Crippen molar-refractivity contribution in [1.29, 1.82) is 0 Å². The summed E-state index contributed by atoms with van der Waals surface area (Å²) in [6, 6.07) is 9.50. The van der Waals surface area contributed by atoms with Gasteiger partial charge >= 0.3 is 0 Å². The summed E-state index contributed by atoms with van der Waals surface area (Å²) in [4.78, 5) is 20.5. The highest BCUT2D eigenvalue weighted by atomic mass is 32.1. The summed E-state index contributed by atoms with van der Waals surface area (Å²) in [5, 5.41) is 10.3. The van der Waals surface area contributed by atoms with Crippen molar-refractivity contribution in [2.24, 2.45) is 16.6 Å². The van der Waals surface area contributed by atoms with Gasteiger partial charge in [0.05, 0.1) is 0 Å². The molecule has 8 heteroatoms. The number of anilines is 1. The molecule has 116 valence electrons. The lowest BCUT2D eigenvalue weighted by Crippen LogP contribution is -2.12. The molecule has 7 nitrogen and oxygen atoms in total. The third-order valence-electron chi connectivity index (χ3n) is 3.57. The Balaban J connectivity index is 1.62. The van der Waals surface area contributed by atoms with E-state index in [0.29, 0.717) is 22.4 Å². The Bertz CT molecular complexity index is 893. The summed E-state index contributed by atoms with van der Waals surface area (Å²) in [5.74, 6) is 1.11. The number of H-pyrrole nitrogens is 1. The van der Waals surface area contributed by atoms with Crippen LogP contribution in [0, 0.1) is 5.92 Å². The smallest absolute Gasteiger partial charge is 0.229 e. The number of rotatable bonds is 4. The Morgan fingerprint density at radius 3 is 2.87 bits per heavy atom. The second kappa shape index (κ2) is 5.47. The van der Waals surface area contributed by atoms with Crippen molar-refractivity contribution in [3.05, 3.63) is 35.9 Å². The first-order valence-corrected chi connectivity index (χ1v) is 8.08. The molecule has 0 unspecified atom stereocenters. The zero-order valence-corrected chi connectivity index (χ0v) is 12.9. The van der Waals surface area contributed by atoms with Crippen LogP contribution in [0.3, 0.4) is 0 Å². The molecule has 1 aliphatic rings. The number of aliphatic imine (C=N–C) groups is 1. The van der Waals surface area contributed by atoms with Gasteiger partial charge in [-0.2, -0.15) is 10.1 Å². The molecule has 0 spiro atoms. The summed E-state index contributed by atoms with van der Waals surface area (Å²) in [6.45, 7) is 0. The third-order valence-corrected chi connectivity index (χ3v) is 4.54. The fourth-order valence-electron chi connectivity index (χ4n) is 2.17. The molecule has 1 saturated carbocycles. The van der Waals surface area contributed by atoms with E-state index in [0.717, 1.165) is 23.1 Å². The minimum atomic E-state index is 0.0271. The van der Waals surface area contributed by atoms with Crippen molar-refractivity contribution in [2.45, 2.75) is 12.8 Å². The highest BCUT2D eigenvalue weighted by molar-refractivity contribution is 7.22. The Morgan fingerprint density at radius 1 is 1.35 bits per heavy atom. The predicted molar refractivity (Wildman–Crippen MR) is 89.9 cm³/mol. The number of amides is 1. The van der Waals surface area contributed by atoms with Gasteiger partial charge in [-0.25, -0.2) is 4.99 Å². The minimum absolute atomic E-state index is 0.0271. The monoisotopic (exact) mass is 326 g/mol. The second-order valence-corrected chi connectivity index (χ2v) is 6.37. The first kappa shape index (κ1) is 13.9. The standard InChI is InChI=1S/C15H14N6OS/c16-11(8-4-2-1-3-5-8)17-12-10-13(21-20-12)18-15(23-10)19-14(22)9-6-7-9/h1-5,9H,6-7H2,(H4,16,17,18,19,20,21,22). The van der Waals surface area contributed by atoms with Crippen LogP contribution in [-0.2, 0) is 4.79 Å². The van der Waals surface area contributed by atoms with Crippen LogP contribution < -0.4 is 11.1 Å². The summed E-state index contributed by atoms with van der Waals surface area (Å²) >= 11 is 1.34. The van der Waals surface area contributed by atoms with Crippen molar-refractivity contribution in [2.75, 3.05) is 5.32 Å². The van der Waals surface area contributed by atoms with Gasteiger partial charge in [0, 0.05) is 11.5 Å². The van der Waals surface area contributed by atoms with Crippen LogP contribution in [-0.4, -0.2) is 26.9 Å². The number of nitrogens with one attached hydrogen (secondary N) is 2. The van der Waals surface area contributed by atoms with Crippen LogP contribution in [0.15, 0.2) is 35.3 Å². The van der Waals surface area contributed by atoms with Crippen LogP contribution in [0.4, 0.5) is 10.9 Å². The maximum atomic E-state index is 11.8. The van der Waals surface area contributed by atoms with Gasteiger partial charge in [0.2, 0.25) is 5.91 Å². The maximum Gasteiger partial charge on any atom is 0.229 e. The maximum absolute atomic E-state index is 11.8. The summed E-state index contributed by atoms with van der Waals surface area (Å²) in [5.41, 5.74) is 7.39. The molecule has 4 N–H and O–H groups in total. The molecule has 2 heterocycles. The molecule has 1 amide bonds. The van der Waals surface area contributed by atoms with E-state index >= 15 is 0 Å². The number of benzene rings is 1. The largest absolute Gasteiger partial charge is 0.383 e. The molecule has 0 radical (unpaired) electrons. The van der Waals surface area contributed by atoms with Gasteiger partial charge in [-0.15, -0.1) is 0 Å². The molecule has 0 saturated heterocycles. The number of carbonyl (C=O) groups is 1. The van der Waals surface area contributed by atoms with Crippen LogP contribution in [0.2, 0.25) is 0 Å². The summed E-state index contributed by atoms with van der Waals surface area (Å²) in [6.07, 6.45) is 1.91. The number of nitrogens with zero attached hydrogens (tertiary/aromatic N) is 3. The lowest BCUT2D eigenvalue weighted by atomic mass is 10.2. The molecule has 1 aromatic carbocycles. The topological polar surface area (TPSA) is 109 Å². The Labute approximate surface area is 135 Å². The average Bonchev–Trinajstić information content (AvgIpc) is 3.25. The number of hydrogen-bond acceptors (Lipinski definition) is 5. The van der Waals surface area contributed by atoms with Crippen molar-refractivity contribution >= 4 is 44.4 Å². The third kappa shape index (κ3) is 2.80. The number of nitrogens with two attached hydrogens (primary N) is 1. The number of aromatic nitrogens is 3. The number of amidine groups is 1. The zero-order chi connectivity index (χ0) is 15.8. The van der Waals surface area contributed by atoms with Gasteiger partial charge < -0.3 is 11.1 Å². The van der Waals surface area contributed by atoms with E-state index in [1.54, 1.807) is 0 Å². The van der Waals surface area contributed by atoms with E-state index in [9.17, 15) is 4.79 Å². The van der Waals surface area contributed by atoms with Gasteiger partial charge in [0.25, 0.3) is 0 Å². The van der Waals surface area contributed by atoms with Crippen LogP contribution >= 0.6 is 11.3 Å².